The summed E-state index contributed by atoms with van der Waals surface area (Å²) in [5, 5.41) is 20.3. The number of aromatic nitrogens is 1. The van der Waals surface area contributed by atoms with Crippen LogP contribution in [-0.2, 0) is 9.59 Å². The minimum Gasteiger partial charge on any atom is -0.481 e. The Labute approximate surface area is 119 Å². The molecular formula is C12H14N2O5S. The van der Waals surface area contributed by atoms with Crippen molar-refractivity contribution in [2.75, 3.05) is 12.3 Å². The average molecular weight is 298 g/mol. The second-order valence-corrected chi connectivity index (χ2v) is 4.82. The van der Waals surface area contributed by atoms with Crippen molar-refractivity contribution in [1.82, 2.24) is 10.3 Å². The molecule has 7 nitrogen and oxygen atoms in total. The van der Waals surface area contributed by atoms with Crippen molar-refractivity contribution in [2.24, 2.45) is 0 Å². The van der Waals surface area contributed by atoms with Crippen LogP contribution in [0.1, 0.15) is 23.2 Å². The van der Waals surface area contributed by atoms with Gasteiger partial charge in [0.1, 0.15) is 0 Å². The smallest absolute Gasteiger partial charge is 0.335 e. The highest BCUT2D eigenvalue weighted by atomic mass is 32.2. The lowest BCUT2D eigenvalue weighted by molar-refractivity contribution is -0.137. The number of carboxylic acid groups (broad SMARTS) is 2. The summed E-state index contributed by atoms with van der Waals surface area (Å²) < 4.78 is 0. The van der Waals surface area contributed by atoms with Crippen molar-refractivity contribution in [2.45, 2.75) is 17.9 Å². The molecule has 8 heteroatoms. The second kappa shape index (κ2) is 8.16. The van der Waals surface area contributed by atoms with E-state index in [9.17, 15) is 14.4 Å². The number of aliphatic carboxylic acids is 1. The van der Waals surface area contributed by atoms with Gasteiger partial charge in [0.05, 0.1) is 16.3 Å². The topological polar surface area (TPSA) is 117 Å². The number of pyridine rings is 1. The van der Waals surface area contributed by atoms with Crippen molar-refractivity contribution in [3.8, 4) is 0 Å². The number of hydrogen-bond donors (Lipinski definition) is 3. The zero-order chi connectivity index (χ0) is 15.0. The molecule has 20 heavy (non-hydrogen) atoms. The van der Waals surface area contributed by atoms with Crippen molar-refractivity contribution in [3.63, 3.8) is 0 Å². The Kier molecular flexibility index (Phi) is 6.51. The van der Waals surface area contributed by atoms with Crippen LogP contribution >= 0.6 is 11.8 Å². The molecule has 1 aromatic heterocycles. The maximum absolute atomic E-state index is 11.5. The highest BCUT2D eigenvalue weighted by molar-refractivity contribution is 7.99. The largest absolute Gasteiger partial charge is 0.481 e. The predicted octanol–water partition coefficient (Wildman–Crippen LogP) is 0.853. The monoisotopic (exact) mass is 298 g/mol. The minimum absolute atomic E-state index is 0.00956. The summed E-state index contributed by atoms with van der Waals surface area (Å²) in [4.78, 5) is 36.4. The van der Waals surface area contributed by atoms with Gasteiger partial charge in [-0.2, -0.15) is 0 Å². The van der Waals surface area contributed by atoms with Gasteiger partial charge in [0, 0.05) is 19.2 Å². The van der Waals surface area contributed by atoms with Crippen LogP contribution in [-0.4, -0.2) is 45.3 Å². The highest BCUT2D eigenvalue weighted by Gasteiger charge is 2.07. The van der Waals surface area contributed by atoms with Crippen LogP contribution in [0.3, 0.4) is 0 Å². The normalized spacial score (nSPS) is 10.0. The van der Waals surface area contributed by atoms with E-state index in [0.717, 1.165) is 11.8 Å². The fourth-order valence-corrected chi connectivity index (χ4v) is 2.01. The fraction of sp³-hybridized carbons (Fsp3) is 0.333. The molecule has 0 atom stereocenters. The molecule has 108 valence electrons. The molecule has 0 radical (unpaired) electrons. The Hall–Kier alpha value is -2.09. The van der Waals surface area contributed by atoms with E-state index in [2.05, 4.69) is 10.3 Å². The standard InChI is InChI=1S/C12H14N2O5S/c15-9(13-4-1-2-11(16)17)7-20-10-6-8(12(18)19)3-5-14-10/h3,5-6H,1-2,4,7H2,(H,13,15)(H,16,17)(H,18,19). The van der Waals surface area contributed by atoms with E-state index in [4.69, 9.17) is 10.2 Å². The van der Waals surface area contributed by atoms with E-state index >= 15 is 0 Å². The van der Waals surface area contributed by atoms with Gasteiger partial charge in [-0.05, 0) is 18.6 Å². The predicted molar refractivity (Wildman–Crippen MR) is 71.8 cm³/mol. The molecule has 0 bridgehead atoms. The number of aromatic carboxylic acids is 1. The first-order valence-corrected chi connectivity index (χ1v) is 6.78. The first-order chi connectivity index (χ1) is 9.49. The Morgan fingerprint density at radius 2 is 2.05 bits per heavy atom. The van der Waals surface area contributed by atoms with Crippen molar-refractivity contribution in [1.29, 1.82) is 0 Å². The molecule has 1 heterocycles. The van der Waals surface area contributed by atoms with Gasteiger partial charge < -0.3 is 15.5 Å². The molecule has 0 aliphatic heterocycles. The van der Waals surface area contributed by atoms with Gasteiger partial charge in [-0.25, -0.2) is 9.78 Å². The number of thioether (sulfide) groups is 1. The number of carbonyl (C=O) groups is 3. The van der Waals surface area contributed by atoms with Gasteiger partial charge >= 0.3 is 11.9 Å². The maximum Gasteiger partial charge on any atom is 0.335 e. The zero-order valence-electron chi connectivity index (χ0n) is 10.5. The van der Waals surface area contributed by atoms with E-state index in [1.807, 2.05) is 0 Å². The van der Waals surface area contributed by atoms with Crippen molar-refractivity contribution >= 4 is 29.6 Å². The molecular weight excluding hydrogens is 284 g/mol. The number of rotatable bonds is 8. The first-order valence-electron chi connectivity index (χ1n) is 5.79. The van der Waals surface area contributed by atoms with Crippen LogP contribution in [0.25, 0.3) is 0 Å². The van der Waals surface area contributed by atoms with Crippen molar-refractivity contribution in [3.05, 3.63) is 23.9 Å². The zero-order valence-corrected chi connectivity index (χ0v) is 11.4. The number of nitrogens with zero attached hydrogens (tertiary/aromatic N) is 1. The lowest BCUT2D eigenvalue weighted by Crippen LogP contribution is -2.26. The van der Waals surface area contributed by atoms with Gasteiger partial charge in [-0.1, -0.05) is 11.8 Å². The molecule has 1 aromatic rings. The van der Waals surface area contributed by atoms with E-state index < -0.39 is 11.9 Å². The van der Waals surface area contributed by atoms with Crippen LogP contribution in [0, 0.1) is 0 Å². The molecule has 0 unspecified atom stereocenters. The van der Waals surface area contributed by atoms with E-state index in [1.54, 1.807) is 0 Å². The van der Waals surface area contributed by atoms with Gasteiger partial charge in [0.25, 0.3) is 0 Å². The molecule has 0 fully saturated rings. The lowest BCUT2D eigenvalue weighted by Gasteiger charge is -2.04. The Balaban J connectivity index is 2.32. The highest BCUT2D eigenvalue weighted by Crippen LogP contribution is 2.15. The SMILES string of the molecule is O=C(O)CCCNC(=O)CSc1cc(C(=O)O)ccn1. The van der Waals surface area contributed by atoms with Gasteiger partial charge in [-0.3, -0.25) is 9.59 Å². The van der Waals surface area contributed by atoms with Crippen LogP contribution in [0.15, 0.2) is 23.4 Å². The maximum atomic E-state index is 11.5. The third-order valence-corrected chi connectivity index (χ3v) is 3.15. The molecule has 0 saturated heterocycles. The van der Waals surface area contributed by atoms with Crippen molar-refractivity contribution < 1.29 is 24.6 Å². The van der Waals surface area contributed by atoms with Crippen LogP contribution in [0.5, 0.6) is 0 Å². The lowest BCUT2D eigenvalue weighted by atomic mass is 10.3. The summed E-state index contributed by atoms with van der Waals surface area (Å²) >= 11 is 1.12. The van der Waals surface area contributed by atoms with Gasteiger partial charge in [0.15, 0.2) is 0 Å². The second-order valence-electron chi connectivity index (χ2n) is 3.82. The molecule has 0 spiro atoms. The van der Waals surface area contributed by atoms with Crippen LogP contribution in [0.4, 0.5) is 0 Å². The number of amides is 1. The summed E-state index contributed by atoms with van der Waals surface area (Å²) in [6.45, 7) is 0.300. The third kappa shape index (κ3) is 6.19. The molecule has 3 N–H and O–H groups in total. The van der Waals surface area contributed by atoms with E-state index in [-0.39, 0.29) is 23.6 Å². The number of carboxylic acids is 2. The molecule has 0 aliphatic rings. The summed E-state index contributed by atoms with van der Waals surface area (Å²) in [6, 6.07) is 2.77. The molecule has 0 saturated carbocycles. The quantitative estimate of drug-likeness (QED) is 0.481. The average Bonchev–Trinajstić information content (AvgIpc) is 2.41. The molecule has 1 rings (SSSR count). The number of nitrogens with one attached hydrogen (secondary N) is 1. The first kappa shape index (κ1) is 16.0. The molecule has 1 amide bonds. The molecule has 0 aliphatic carbocycles. The summed E-state index contributed by atoms with van der Waals surface area (Å²) in [6.07, 6.45) is 1.75. The Morgan fingerprint density at radius 3 is 2.70 bits per heavy atom. The minimum atomic E-state index is -1.05. The summed E-state index contributed by atoms with van der Waals surface area (Å²) in [5.74, 6) is -2.10. The number of carbonyl (C=O) groups excluding carboxylic acids is 1. The van der Waals surface area contributed by atoms with Gasteiger partial charge in [-0.15, -0.1) is 0 Å². The molecule has 0 aromatic carbocycles. The van der Waals surface area contributed by atoms with E-state index in [0.29, 0.717) is 18.0 Å². The van der Waals surface area contributed by atoms with Crippen LogP contribution < -0.4 is 5.32 Å². The number of hydrogen-bond acceptors (Lipinski definition) is 5. The van der Waals surface area contributed by atoms with E-state index in [1.165, 1.54) is 18.3 Å². The third-order valence-electron chi connectivity index (χ3n) is 2.22. The Bertz CT molecular complexity index is 506. The van der Waals surface area contributed by atoms with Gasteiger partial charge in [0.2, 0.25) is 5.91 Å². The summed E-state index contributed by atoms with van der Waals surface area (Å²) in [7, 11) is 0. The Morgan fingerprint density at radius 1 is 1.30 bits per heavy atom. The summed E-state index contributed by atoms with van der Waals surface area (Å²) in [5.41, 5.74) is 0.115. The van der Waals surface area contributed by atoms with Crippen LogP contribution in [0.2, 0.25) is 0 Å². The fourth-order valence-electron chi connectivity index (χ4n) is 1.28.